The molecule has 3 fully saturated rings. The van der Waals surface area contributed by atoms with E-state index in [1.165, 1.54) is 16.2 Å². The minimum Gasteiger partial charge on any atom is -0.496 e. The number of ether oxygens (including phenoxy) is 3. The number of fused-ring (bicyclic) bond motifs is 3. The first-order chi connectivity index (χ1) is 28.4. The second kappa shape index (κ2) is 16.9. The molecule has 1 unspecified atom stereocenters. The van der Waals surface area contributed by atoms with Crippen LogP contribution in [0, 0.1) is 12.8 Å². The fourth-order valence-electron chi connectivity index (χ4n) is 7.91. The van der Waals surface area contributed by atoms with Crippen LogP contribution in [-0.2, 0) is 29.1 Å². The van der Waals surface area contributed by atoms with E-state index >= 15 is 0 Å². The van der Waals surface area contributed by atoms with Crippen molar-refractivity contribution in [2.24, 2.45) is 5.92 Å². The van der Waals surface area contributed by atoms with Crippen LogP contribution >= 0.6 is 11.3 Å². The molecule has 7 rings (SSSR count). The zero-order valence-electron chi connectivity index (χ0n) is 35.3. The van der Waals surface area contributed by atoms with Crippen molar-refractivity contribution in [3.8, 4) is 22.2 Å². The predicted molar refractivity (Wildman–Crippen MR) is 227 cm³/mol. The van der Waals surface area contributed by atoms with Gasteiger partial charge in [-0.05, 0) is 90.7 Å². The Morgan fingerprint density at radius 1 is 1.07 bits per heavy atom. The predicted octanol–water partition coefficient (Wildman–Crippen LogP) is 6.04. The number of hydrogen-bond acceptors (Lipinski definition) is 12. The average molecular weight is 865 g/mol. The van der Waals surface area contributed by atoms with Crippen molar-refractivity contribution < 1.29 is 41.8 Å². The Labute approximate surface area is 355 Å². The topological polar surface area (TPSA) is 195 Å². The largest absolute Gasteiger partial charge is 0.496 e. The summed E-state index contributed by atoms with van der Waals surface area (Å²) in [5, 5.41) is 8.44. The van der Waals surface area contributed by atoms with Crippen molar-refractivity contribution in [2.45, 2.75) is 140 Å². The van der Waals surface area contributed by atoms with Gasteiger partial charge in [0.15, 0.2) is 6.10 Å². The number of hydrogen-bond donors (Lipinski definition) is 3. The number of aromatic nitrogens is 2. The normalized spacial score (nSPS) is 25.6. The molecule has 4 heterocycles. The van der Waals surface area contributed by atoms with Crippen molar-refractivity contribution >= 4 is 56.1 Å². The zero-order valence-corrected chi connectivity index (χ0v) is 37.0. The average Bonchev–Trinajstić information content (AvgIpc) is 4.05. The first-order valence-corrected chi connectivity index (χ1v) is 23.3. The molecule has 4 amide bonds. The standard InChI is InChI=1S/C43H56N6O9S2/c1-24(2)31-23-59-38(45-31)30-20-35(29-17-18-33(56-7)25(3)36(29)44-30)57-27-19-32-37(50)46-43(40(52)48-60(54,55)28-15-16-28)21-26(43)13-11-9-8-10-12-14-34(39(51)49(32)22-27)58-41(53)47-42(4,5)6/h11,13,17-18,20,23-24,26-28,32,34H,8-10,12,14-16,19,21-22H2,1-7H3,(H,46,50)(H,47,53)(H,48,52)/b13-11-/t26-,27-,32+,34?,43-/m1/s1. The lowest BCUT2D eigenvalue weighted by atomic mass is 10.1. The Hall–Kier alpha value is -4.77. The highest BCUT2D eigenvalue weighted by atomic mass is 32.2. The maximum atomic E-state index is 14.7. The summed E-state index contributed by atoms with van der Waals surface area (Å²) < 4.78 is 46.4. The summed E-state index contributed by atoms with van der Waals surface area (Å²) in [6, 6.07) is 4.36. The van der Waals surface area contributed by atoms with Crippen LogP contribution in [0.25, 0.3) is 21.6 Å². The molecule has 0 radical (unpaired) electrons. The Morgan fingerprint density at radius 2 is 1.83 bits per heavy atom. The summed E-state index contributed by atoms with van der Waals surface area (Å²) in [4.78, 5) is 67.5. The number of aryl methyl sites for hydroxylation is 1. The van der Waals surface area contributed by atoms with Gasteiger partial charge in [-0.2, -0.15) is 0 Å². The Kier molecular flexibility index (Phi) is 12.2. The van der Waals surface area contributed by atoms with Crippen molar-refractivity contribution in [3.63, 3.8) is 0 Å². The van der Waals surface area contributed by atoms with E-state index in [0.717, 1.165) is 24.1 Å². The van der Waals surface area contributed by atoms with Crippen LogP contribution in [0.2, 0.25) is 0 Å². The first kappa shape index (κ1) is 43.3. The van der Waals surface area contributed by atoms with E-state index in [0.29, 0.717) is 58.8 Å². The molecule has 0 spiro atoms. The van der Waals surface area contributed by atoms with Gasteiger partial charge in [0.2, 0.25) is 15.9 Å². The number of carbonyl (C=O) groups excluding carboxylic acids is 4. The number of nitrogens with zero attached hydrogens (tertiary/aromatic N) is 3. The third kappa shape index (κ3) is 9.41. The van der Waals surface area contributed by atoms with Crippen LogP contribution in [0.5, 0.6) is 11.5 Å². The van der Waals surface area contributed by atoms with Gasteiger partial charge in [0, 0.05) is 40.3 Å². The molecule has 2 aliphatic carbocycles. The summed E-state index contributed by atoms with van der Waals surface area (Å²) in [5.74, 6) is -1.12. The number of allylic oxidation sites excluding steroid dienone is 1. The molecular formula is C43H56N6O9S2. The molecule has 3 aromatic rings. The molecule has 60 heavy (non-hydrogen) atoms. The van der Waals surface area contributed by atoms with Crippen LogP contribution in [-0.4, -0.2) is 95.3 Å². The summed E-state index contributed by atoms with van der Waals surface area (Å²) in [6.45, 7) is 11.4. The number of methoxy groups -OCH3 is 1. The number of benzene rings is 1. The maximum Gasteiger partial charge on any atom is 0.408 e. The number of rotatable bonds is 9. The number of pyridine rings is 1. The SMILES string of the molecule is COc1ccc2c(O[C@@H]3C[C@H]4C(=O)N[C@]5(C(=O)NS(=O)(=O)C6CC6)C[C@H]5/C=C\CCCCCC(OC(=O)NC(C)(C)C)C(=O)N4C3)cc(-c3nc(C(C)C)cs3)nc2c1C. The van der Waals surface area contributed by atoms with E-state index in [4.69, 9.17) is 24.2 Å². The van der Waals surface area contributed by atoms with Crippen molar-refractivity contribution in [2.75, 3.05) is 13.7 Å². The molecule has 2 saturated carbocycles. The summed E-state index contributed by atoms with van der Waals surface area (Å²) in [6.07, 6.45) is 5.28. The smallest absolute Gasteiger partial charge is 0.408 e. The summed E-state index contributed by atoms with van der Waals surface area (Å²) >= 11 is 1.47. The van der Waals surface area contributed by atoms with Gasteiger partial charge >= 0.3 is 6.09 Å². The van der Waals surface area contributed by atoms with E-state index in [1.54, 1.807) is 27.9 Å². The number of sulfonamides is 1. The lowest BCUT2D eigenvalue weighted by Gasteiger charge is -2.30. The number of nitrogens with one attached hydrogen (secondary N) is 3. The molecule has 5 atom stereocenters. The molecule has 2 aromatic heterocycles. The van der Waals surface area contributed by atoms with Gasteiger partial charge in [-0.25, -0.2) is 23.2 Å². The Morgan fingerprint density at radius 3 is 2.52 bits per heavy atom. The molecule has 4 aliphatic rings. The molecular weight excluding hydrogens is 809 g/mol. The molecule has 324 valence electrons. The van der Waals surface area contributed by atoms with Crippen molar-refractivity contribution in [1.29, 1.82) is 0 Å². The highest BCUT2D eigenvalue weighted by Gasteiger charge is 2.62. The van der Waals surface area contributed by atoms with E-state index in [2.05, 4.69) is 29.2 Å². The molecule has 1 aromatic carbocycles. The van der Waals surface area contributed by atoms with E-state index in [-0.39, 0.29) is 31.7 Å². The number of amides is 4. The van der Waals surface area contributed by atoms with Gasteiger partial charge in [-0.15, -0.1) is 11.3 Å². The third-order valence-electron chi connectivity index (χ3n) is 11.5. The fraction of sp³-hybridized carbons (Fsp3) is 0.581. The molecule has 3 N–H and O–H groups in total. The summed E-state index contributed by atoms with van der Waals surface area (Å²) in [5.41, 5.74) is 0.807. The minimum absolute atomic E-state index is 0.0279. The first-order valence-electron chi connectivity index (χ1n) is 20.8. The zero-order chi connectivity index (χ0) is 43.1. The van der Waals surface area contributed by atoms with E-state index < -0.39 is 74.3 Å². The second-order valence-corrected chi connectivity index (χ2v) is 20.6. The van der Waals surface area contributed by atoms with Crippen LogP contribution in [0.3, 0.4) is 0 Å². The van der Waals surface area contributed by atoms with Crippen LogP contribution in [0.1, 0.15) is 110 Å². The molecule has 1 saturated heterocycles. The third-order valence-corrected chi connectivity index (χ3v) is 14.2. The van der Waals surface area contributed by atoms with Gasteiger partial charge in [-0.1, -0.05) is 32.4 Å². The molecule has 2 aliphatic heterocycles. The van der Waals surface area contributed by atoms with Crippen molar-refractivity contribution in [3.05, 3.63) is 47.0 Å². The van der Waals surface area contributed by atoms with Gasteiger partial charge in [0.1, 0.15) is 39.9 Å². The van der Waals surface area contributed by atoms with E-state index in [9.17, 15) is 27.6 Å². The highest BCUT2D eigenvalue weighted by molar-refractivity contribution is 7.91. The Bertz CT molecular complexity index is 2300. The number of thiazole rings is 1. The molecule has 17 heteroatoms. The number of alkyl carbamates (subject to hydrolysis) is 1. The van der Waals surface area contributed by atoms with Gasteiger partial charge in [0.05, 0.1) is 30.1 Å². The van der Waals surface area contributed by atoms with Crippen molar-refractivity contribution in [1.82, 2.24) is 30.2 Å². The molecule has 0 bridgehead atoms. The monoisotopic (exact) mass is 864 g/mol. The molecule has 15 nitrogen and oxygen atoms in total. The second-order valence-electron chi connectivity index (χ2n) is 17.8. The lowest BCUT2D eigenvalue weighted by molar-refractivity contribution is -0.146. The Balaban J connectivity index is 1.25. The van der Waals surface area contributed by atoms with E-state index in [1.807, 2.05) is 42.7 Å². The van der Waals surface area contributed by atoms with Gasteiger partial charge in [-0.3, -0.25) is 19.1 Å². The van der Waals surface area contributed by atoms with Crippen LogP contribution < -0.4 is 24.8 Å². The maximum absolute atomic E-state index is 14.7. The van der Waals surface area contributed by atoms with Gasteiger partial charge in [0.25, 0.3) is 11.8 Å². The summed E-state index contributed by atoms with van der Waals surface area (Å²) in [7, 11) is -2.32. The number of carbonyl (C=O) groups is 4. The van der Waals surface area contributed by atoms with Gasteiger partial charge < -0.3 is 29.7 Å². The lowest BCUT2D eigenvalue weighted by Crippen LogP contribution is -2.57. The highest BCUT2D eigenvalue weighted by Crippen LogP contribution is 2.46. The van der Waals surface area contributed by atoms with Crippen LogP contribution in [0.15, 0.2) is 35.7 Å². The van der Waals surface area contributed by atoms with Crippen LogP contribution in [0.4, 0.5) is 4.79 Å². The minimum atomic E-state index is -3.92. The quantitative estimate of drug-likeness (QED) is 0.212. The fourth-order valence-corrected chi connectivity index (χ4v) is 10.2.